The first-order valence-corrected chi connectivity index (χ1v) is 9.24. The Balaban J connectivity index is 1.51. The summed E-state index contributed by atoms with van der Waals surface area (Å²) in [6, 6.07) is 5.36. The summed E-state index contributed by atoms with van der Waals surface area (Å²) in [5.41, 5.74) is 0.291. The minimum atomic E-state index is -0.156. The lowest BCUT2D eigenvalue weighted by Crippen LogP contribution is -2.44. The summed E-state index contributed by atoms with van der Waals surface area (Å²) < 4.78 is 5.53. The van der Waals surface area contributed by atoms with Crippen LogP contribution >= 0.6 is 0 Å². The first-order chi connectivity index (χ1) is 12.2. The topological polar surface area (TPSA) is 71.5 Å². The van der Waals surface area contributed by atoms with Gasteiger partial charge in [0.05, 0.1) is 5.92 Å². The number of carbonyl (C=O) groups excluding carboxylic acids is 2. The van der Waals surface area contributed by atoms with Crippen molar-refractivity contribution in [2.45, 2.75) is 25.7 Å². The van der Waals surface area contributed by atoms with E-state index in [0.717, 1.165) is 19.4 Å². The zero-order chi connectivity index (χ0) is 17.3. The number of pyridine rings is 1. The minimum Gasteiger partial charge on any atom is -0.381 e. The number of rotatable bonds is 4. The standard InChI is InChI=1S/C19H25N3O3/c23-17(21-11-14-4-5-14)15-12-22(13-19(15)6-9-25-10-7-19)18(24)16-3-1-2-8-20-16/h1-3,8,14-15H,4-7,9-13H2,(H,21,23). The zero-order valence-electron chi connectivity index (χ0n) is 14.4. The van der Waals surface area contributed by atoms with Gasteiger partial charge in [-0.1, -0.05) is 6.07 Å². The normalized spacial score (nSPS) is 25.1. The second-order valence-corrected chi connectivity index (χ2v) is 7.62. The number of nitrogens with one attached hydrogen (secondary N) is 1. The largest absolute Gasteiger partial charge is 0.381 e. The van der Waals surface area contributed by atoms with Crippen molar-refractivity contribution in [1.82, 2.24) is 15.2 Å². The van der Waals surface area contributed by atoms with E-state index in [2.05, 4.69) is 10.3 Å². The fourth-order valence-corrected chi connectivity index (χ4v) is 4.11. The molecule has 1 aromatic heterocycles. The van der Waals surface area contributed by atoms with E-state index in [0.29, 0.717) is 37.9 Å². The molecule has 3 aliphatic rings. The molecule has 4 rings (SSSR count). The van der Waals surface area contributed by atoms with E-state index in [1.54, 1.807) is 18.3 Å². The van der Waals surface area contributed by atoms with Gasteiger partial charge in [0.1, 0.15) is 5.69 Å². The molecule has 1 saturated carbocycles. The Bertz CT molecular complexity index is 639. The fraction of sp³-hybridized carbons (Fsp3) is 0.632. The molecule has 1 spiro atoms. The quantitative estimate of drug-likeness (QED) is 0.899. The Morgan fingerprint density at radius 3 is 2.76 bits per heavy atom. The molecule has 1 unspecified atom stereocenters. The van der Waals surface area contributed by atoms with Crippen LogP contribution in [-0.4, -0.2) is 54.5 Å². The molecule has 1 atom stereocenters. The first kappa shape index (κ1) is 16.5. The third-order valence-electron chi connectivity index (χ3n) is 5.89. The summed E-state index contributed by atoms with van der Waals surface area (Å²) in [4.78, 5) is 31.7. The number of hydrogen-bond donors (Lipinski definition) is 1. The average Bonchev–Trinajstić information content (AvgIpc) is 3.42. The molecule has 25 heavy (non-hydrogen) atoms. The lowest BCUT2D eigenvalue weighted by Gasteiger charge is -2.37. The summed E-state index contributed by atoms with van der Waals surface area (Å²) in [5, 5.41) is 3.12. The SMILES string of the molecule is O=C(NCC1CC1)C1CN(C(=O)c2ccccn2)CC12CCOCC2. The monoisotopic (exact) mass is 343 g/mol. The molecular formula is C19H25N3O3. The molecule has 3 heterocycles. The molecule has 134 valence electrons. The lowest BCUT2D eigenvalue weighted by molar-refractivity contribution is -0.129. The second kappa shape index (κ2) is 6.75. The van der Waals surface area contributed by atoms with E-state index < -0.39 is 0 Å². The molecule has 2 aliphatic heterocycles. The predicted molar refractivity (Wildman–Crippen MR) is 91.9 cm³/mol. The van der Waals surface area contributed by atoms with Crippen molar-refractivity contribution in [2.24, 2.45) is 17.3 Å². The lowest BCUT2D eigenvalue weighted by atomic mass is 9.71. The van der Waals surface area contributed by atoms with Crippen LogP contribution in [0.3, 0.4) is 0 Å². The minimum absolute atomic E-state index is 0.0797. The van der Waals surface area contributed by atoms with Crippen molar-refractivity contribution >= 4 is 11.8 Å². The molecule has 2 amide bonds. The Morgan fingerprint density at radius 2 is 2.08 bits per heavy atom. The molecular weight excluding hydrogens is 318 g/mol. The summed E-state index contributed by atoms with van der Waals surface area (Å²) >= 11 is 0. The van der Waals surface area contributed by atoms with Gasteiger partial charge < -0.3 is 15.0 Å². The number of hydrogen-bond acceptors (Lipinski definition) is 4. The highest BCUT2D eigenvalue weighted by atomic mass is 16.5. The second-order valence-electron chi connectivity index (χ2n) is 7.62. The maximum atomic E-state index is 12.9. The van der Waals surface area contributed by atoms with Gasteiger partial charge in [-0.2, -0.15) is 0 Å². The van der Waals surface area contributed by atoms with Crippen LogP contribution in [0.4, 0.5) is 0 Å². The van der Waals surface area contributed by atoms with Gasteiger partial charge in [0.15, 0.2) is 0 Å². The van der Waals surface area contributed by atoms with Crippen molar-refractivity contribution in [2.75, 3.05) is 32.8 Å². The molecule has 6 nitrogen and oxygen atoms in total. The van der Waals surface area contributed by atoms with E-state index >= 15 is 0 Å². The van der Waals surface area contributed by atoms with Crippen LogP contribution in [0.2, 0.25) is 0 Å². The smallest absolute Gasteiger partial charge is 0.272 e. The maximum Gasteiger partial charge on any atom is 0.272 e. The molecule has 3 fully saturated rings. The highest BCUT2D eigenvalue weighted by Gasteiger charge is 2.52. The Hall–Kier alpha value is -1.95. The molecule has 0 aromatic carbocycles. The van der Waals surface area contributed by atoms with E-state index in [9.17, 15) is 9.59 Å². The summed E-state index contributed by atoms with van der Waals surface area (Å²) in [5.74, 6) is 0.527. The van der Waals surface area contributed by atoms with Gasteiger partial charge in [0, 0.05) is 44.5 Å². The van der Waals surface area contributed by atoms with E-state index in [4.69, 9.17) is 4.74 Å². The third-order valence-corrected chi connectivity index (χ3v) is 5.89. The number of nitrogens with zero attached hydrogens (tertiary/aromatic N) is 2. The summed E-state index contributed by atoms with van der Waals surface area (Å²) in [6.07, 6.45) is 5.73. The Kier molecular flexibility index (Phi) is 4.46. The summed E-state index contributed by atoms with van der Waals surface area (Å²) in [6.45, 7) is 3.20. The van der Waals surface area contributed by atoms with Crippen LogP contribution in [0, 0.1) is 17.3 Å². The van der Waals surface area contributed by atoms with Gasteiger partial charge in [0.25, 0.3) is 5.91 Å². The third kappa shape index (κ3) is 3.40. The van der Waals surface area contributed by atoms with Crippen LogP contribution in [0.5, 0.6) is 0 Å². The van der Waals surface area contributed by atoms with E-state index in [-0.39, 0.29) is 23.1 Å². The Morgan fingerprint density at radius 1 is 1.28 bits per heavy atom. The molecule has 0 radical (unpaired) electrons. The van der Waals surface area contributed by atoms with Crippen molar-refractivity contribution in [3.05, 3.63) is 30.1 Å². The van der Waals surface area contributed by atoms with Crippen molar-refractivity contribution in [3.8, 4) is 0 Å². The molecule has 1 N–H and O–H groups in total. The van der Waals surface area contributed by atoms with Crippen molar-refractivity contribution < 1.29 is 14.3 Å². The number of carbonyl (C=O) groups is 2. The molecule has 1 aromatic rings. The summed E-state index contributed by atoms with van der Waals surface area (Å²) in [7, 11) is 0. The predicted octanol–water partition coefficient (Wildman–Crippen LogP) is 1.48. The Labute approximate surface area is 147 Å². The van der Waals surface area contributed by atoms with Gasteiger partial charge >= 0.3 is 0 Å². The molecule has 0 bridgehead atoms. The van der Waals surface area contributed by atoms with Gasteiger partial charge in [-0.05, 0) is 43.7 Å². The van der Waals surface area contributed by atoms with E-state index in [1.807, 2.05) is 11.0 Å². The number of likely N-dealkylation sites (tertiary alicyclic amines) is 1. The number of amides is 2. The van der Waals surface area contributed by atoms with Gasteiger partial charge in [-0.15, -0.1) is 0 Å². The van der Waals surface area contributed by atoms with Crippen molar-refractivity contribution in [1.29, 1.82) is 0 Å². The number of aromatic nitrogens is 1. The van der Waals surface area contributed by atoms with Crippen LogP contribution < -0.4 is 5.32 Å². The van der Waals surface area contributed by atoms with Crippen LogP contribution in [0.25, 0.3) is 0 Å². The number of ether oxygens (including phenoxy) is 1. The van der Waals surface area contributed by atoms with Gasteiger partial charge in [-0.25, -0.2) is 0 Å². The maximum absolute atomic E-state index is 12.9. The molecule has 1 aliphatic carbocycles. The van der Waals surface area contributed by atoms with Gasteiger partial charge in [-0.3, -0.25) is 14.6 Å². The average molecular weight is 343 g/mol. The highest BCUT2D eigenvalue weighted by Crippen LogP contribution is 2.44. The van der Waals surface area contributed by atoms with Crippen LogP contribution in [0.1, 0.15) is 36.2 Å². The van der Waals surface area contributed by atoms with Gasteiger partial charge in [0.2, 0.25) is 5.91 Å². The van der Waals surface area contributed by atoms with Crippen LogP contribution in [0.15, 0.2) is 24.4 Å². The van der Waals surface area contributed by atoms with E-state index in [1.165, 1.54) is 12.8 Å². The highest BCUT2D eigenvalue weighted by molar-refractivity contribution is 5.93. The molecule has 6 heteroatoms. The van der Waals surface area contributed by atoms with Crippen molar-refractivity contribution in [3.63, 3.8) is 0 Å². The zero-order valence-corrected chi connectivity index (χ0v) is 14.4. The molecule has 2 saturated heterocycles. The van der Waals surface area contributed by atoms with Crippen LogP contribution in [-0.2, 0) is 9.53 Å². The first-order valence-electron chi connectivity index (χ1n) is 9.24. The fourth-order valence-electron chi connectivity index (χ4n) is 4.11.